The van der Waals surface area contributed by atoms with Gasteiger partial charge in [0.05, 0.1) is 22.4 Å². The van der Waals surface area contributed by atoms with Gasteiger partial charge in [0.2, 0.25) is 0 Å². The lowest BCUT2D eigenvalue weighted by atomic mass is 10.0. The van der Waals surface area contributed by atoms with Crippen LogP contribution in [0.25, 0.3) is 0 Å². The van der Waals surface area contributed by atoms with Crippen molar-refractivity contribution in [2.45, 2.75) is 71.9 Å². The van der Waals surface area contributed by atoms with E-state index in [-0.39, 0.29) is 0 Å². The van der Waals surface area contributed by atoms with Gasteiger partial charge in [-0.3, -0.25) is 4.68 Å². The summed E-state index contributed by atoms with van der Waals surface area (Å²) in [4.78, 5) is 0. The molecule has 0 bridgehead atoms. The van der Waals surface area contributed by atoms with E-state index >= 15 is 0 Å². The summed E-state index contributed by atoms with van der Waals surface area (Å²) in [6, 6.07) is 0.422. The standard InChI is InChI=1S/C15H28BrN3/c1-4-7-8-9-10-14(17-6-3)15-13(16)12-18-19(15)11-5-2/h12,14,17H,4-11H2,1-3H3. The average Bonchev–Trinajstić information content (AvgIpc) is 2.75. The molecule has 0 aliphatic heterocycles. The maximum Gasteiger partial charge on any atom is 0.0695 e. The van der Waals surface area contributed by atoms with Crippen LogP contribution in [0, 0.1) is 0 Å². The Kier molecular flexibility index (Phi) is 8.38. The number of aromatic nitrogens is 2. The lowest BCUT2D eigenvalue weighted by Gasteiger charge is -2.20. The summed E-state index contributed by atoms with van der Waals surface area (Å²) in [7, 11) is 0. The van der Waals surface area contributed by atoms with Gasteiger partial charge in [-0.1, -0.05) is 46.5 Å². The van der Waals surface area contributed by atoms with E-state index in [1.54, 1.807) is 0 Å². The Morgan fingerprint density at radius 2 is 2.00 bits per heavy atom. The first-order valence-electron chi connectivity index (χ1n) is 7.69. The van der Waals surface area contributed by atoms with Crippen LogP contribution < -0.4 is 5.32 Å². The molecule has 0 fully saturated rings. The fraction of sp³-hybridized carbons (Fsp3) is 0.800. The molecule has 0 saturated heterocycles. The van der Waals surface area contributed by atoms with E-state index in [2.05, 4.69) is 51.8 Å². The monoisotopic (exact) mass is 329 g/mol. The Labute approximate surface area is 126 Å². The van der Waals surface area contributed by atoms with Crippen molar-refractivity contribution in [3.63, 3.8) is 0 Å². The molecule has 4 heteroatoms. The lowest BCUT2D eigenvalue weighted by molar-refractivity contribution is 0.437. The van der Waals surface area contributed by atoms with Gasteiger partial charge in [-0.2, -0.15) is 5.10 Å². The summed E-state index contributed by atoms with van der Waals surface area (Å²) < 4.78 is 3.29. The van der Waals surface area contributed by atoms with Gasteiger partial charge >= 0.3 is 0 Å². The Bertz CT molecular complexity index is 349. The van der Waals surface area contributed by atoms with Crippen LogP contribution in [-0.2, 0) is 6.54 Å². The van der Waals surface area contributed by atoms with E-state index in [1.165, 1.54) is 37.8 Å². The summed E-state index contributed by atoms with van der Waals surface area (Å²) in [5.41, 5.74) is 1.32. The van der Waals surface area contributed by atoms with Crippen molar-refractivity contribution in [2.75, 3.05) is 6.54 Å². The molecule has 110 valence electrons. The van der Waals surface area contributed by atoms with Gasteiger partial charge in [0.25, 0.3) is 0 Å². The van der Waals surface area contributed by atoms with Crippen LogP contribution in [0.3, 0.4) is 0 Å². The zero-order chi connectivity index (χ0) is 14.1. The van der Waals surface area contributed by atoms with Crippen LogP contribution in [0.15, 0.2) is 10.7 Å². The van der Waals surface area contributed by atoms with Gasteiger partial charge in [-0.05, 0) is 35.3 Å². The maximum absolute atomic E-state index is 4.48. The molecular formula is C15H28BrN3. The molecule has 0 spiro atoms. The number of rotatable bonds is 10. The Morgan fingerprint density at radius 3 is 2.63 bits per heavy atom. The highest BCUT2D eigenvalue weighted by molar-refractivity contribution is 9.10. The summed E-state index contributed by atoms with van der Waals surface area (Å²) in [5, 5.41) is 8.09. The van der Waals surface area contributed by atoms with Crippen LogP contribution in [0.4, 0.5) is 0 Å². The molecule has 0 aliphatic rings. The second-order valence-electron chi connectivity index (χ2n) is 5.06. The Hall–Kier alpha value is -0.350. The molecular weight excluding hydrogens is 302 g/mol. The van der Waals surface area contributed by atoms with Gasteiger partial charge in [-0.15, -0.1) is 0 Å². The number of halogens is 1. The molecule has 19 heavy (non-hydrogen) atoms. The number of hydrogen-bond donors (Lipinski definition) is 1. The largest absolute Gasteiger partial charge is 0.309 e. The summed E-state index contributed by atoms with van der Waals surface area (Å²) in [6.07, 6.45) is 9.50. The summed E-state index contributed by atoms with van der Waals surface area (Å²) in [5.74, 6) is 0. The molecule has 1 N–H and O–H groups in total. The van der Waals surface area contributed by atoms with Crippen LogP contribution in [0.5, 0.6) is 0 Å². The third-order valence-corrected chi connectivity index (χ3v) is 4.01. The first-order valence-corrected chi connectivity index (χ1v) is 8.48. The Balaban J connectivity index is 2.70. The van der Waals surface area contributed by atoms with Gasteiger partial charge in [0.1, 0.15) is 0 Å². The fourth-order valence-electron chi connectivity index (χ4n) is 2.47. The molecule has 1 atom stereocenters. The maximum atomic E-state index is 4.48. The van der Waals surface area contributed by atoms with Gasteiger partial charge in [0.15, 0.2) is 0 Å². The molecule has 0 radical (unpaired) electrons. The highest BCUT2D eigenvalue weighted by Crippen LogP contribution is 2.27. The fourth-order valence-corrected chi connectivity index (χ4v) is 3.04. The average molecular weight is 330 g/mol. The van der Waals surface area contributed by atoms with Crippen molar-refractivity contribution < 1.29 is 0 Å². The molecule has 1 aromatic heterocycles. The van der Waals surface area contributed by atoms with Crippen molar-refractivity contribution in [3.8, 4) is 0 Å². The van der Waals surface area contributed by atoms with E-state index < -0.39 is 0 Å². The Morgan fingerprint density at radius 1 is 1.21 bits per heavy atom. The molecule has 0 aromatic carbocycles. The van der Waals surface area contributed by atoms with Crippen molar-refractivity contribution in [3.05, 3.63) is 16.4 Å². The first kappa shape index (κ1) is 16.7. The van der Waals surface area contributed by atoms with Crippen molar-refractivity contribution in [2.24, 2.45) is 0 Å². The predicted octanol–water partition coefficient (Wildman–Crippen LogP) is 4.68. The van der Waals surface area contributed by atoms with Gasteiger partial charge in [-0.25, -0.2) is 0 Å². The highest BCUT2D eigenvalue weighted by Gasteiger charge is 2.18. The van der Waals surface area contributed by atoms with Gasteiger partial charge < -0.3 is 5.32 Å². The van der Waals surface area contributed by atoms with Gasteiger partial charge in [0, 0.05) is 6.54 Å². The third kappa shape index (κ3) is 5.27. The molecule has 3 nitrogen and oxygen atoms in total. The lowest BCUT2D eigenvalue weighted by Crippen LogP contribution is -2.24. The van der Waals surface area contributed by atoms with Crippen molar-refractivity contribution in [1.29, 1.82) is 0 Å². The zero-order valence-electron chi connectivity index (χ0n) is 12.6. The molecule has 1 aromatic rings. The van der Waals surface area contributed by atoms with Crippen molar-refractivity contribution in [1.82, 2.24) is 15.1 Å². The number of hydrogen-bond acceptors (Lipinski definition) is 2. The highest BCUT2D eigenvalue weighted by atomic mass is 79.9. The molecule has 1 unspecified atom stereocenters. The summed E-state index contributed by atoms with van der Waals surface area (Å²) in [6.45, 7) is 8.63. The van der Waals surface area contributed by atoms with E-state index in [0.717, 1.165) is 24.0 Å². The van der Waals surface area contributed by atoms with Crippen LogP contribution in [0.1, 0.15) is 71.0 Å². The summed E-state index contributed by atoms with van der Waals surface area (Å²) >= 11 is 3.66. The number of nitrogens with one attached hydrogen (secondary N) is 1. The molecule has 1 heterocycles. The topological polar surface area (TPSA) is 29.9 Å². The second-order valence-corrected chi connectivity index (χ2v) is 5.91. The van der Waals surface area contributed by atoms with E-state index in [4.69, 9.17) is 0 Å². The molecule has 0 saturated carbocycles. The molecule has 0 amide bonds. The number of aryl methyl sites for hydroxylation is 1. The first-order chi connectivity index (χ1) is 9.24. The number of unbranched alkanes of at least 4 members (excludes halogenated alkanes) is 3. The van der Waals surface area contributed by atoms with Crippen LogP contribution in [-0.4, -0.2) is 16.3 Å². The predicted molar refractivity (Wildman–Crippen MR) is 85.4 cm³/mol. The SMILES string of the molecule is CCCCCCC(NCC)c1c(Br)cnn1CCC. The van der Waals surface area contributed by atoms with Crippen LogP contribution >= 0.6 is 15.9 Å². The second kappa shape index (κ2) is 9.54. The van der Waals surface area contributed by atoms with E-state index in [9.17, 15) is 0 Å². The minimum atomic E-state index is 0.422. The number of nitrogens with zero attached hydrogens (tertiary/aromatic N) is 2. The van der Waals surface area contributed by atoms with E-state index in [0.29, 0.717) is 6.04 Å². The molecule has 1 rings (SSSR count). The quantitative estimate of drug-likeness (QED) is 0.632. The zero-order valence-corrected chi connectivity index (χ0v) is 14.2. The third-order valence-electron chi connectivity index (χ3n) is 3.40. The van der Waals surface area contributed by atoms with Crippen molar-refractivity contribution >= 4 is 15.9 Å². The normalized spacial score (nSPS) is 12.8. The van der Waals surface area contributed by atoms with E-state index in [1.807, 2.05) is 6.20 Å². The minimum Gasteiger partial charge on any atom is -0.309 e. The molecule has 0 aliphatic carbocycles. The van der Waals surface area contributed by atoms with Crippen LogP contribution in [0.2, 0.25) is 0 Å². The smallest absolute Gasteiger partial charge is 0.0695 e. The minimum absolute atomic E-state index is 0.422.